The van der Waals surface area contributed by atoms with E-state index in [9.17, 15) is 14.7 Å². The molecule has 39 heavy (non-hydrogen) atoms. The smallest absolute Gasteiger partial charge is 0.410 e. The Bertz CT molecular complexity index is 1210. The second-order valence-electron chi connectivity index (χ2n) is 12.5. The van der Waals surface area contributed by atoms with Gasteiger partial charge >= 0.3 is 6.09 Å². The average molecular weight is 536 g/mol. The Morgan fingerprint density at radius 1 is 1.13 bits per heavy atom. The van der Waals surface area contributed by atoms with Crippen LogP contribution in [0.4, 0.5) is 10.6 Å². The molecule has 1 aromatic heterocycles. The van der Waals surface area contributed by atoms with E-state index in [4.69, 9.17) is 4.74 Å². The molecule has 4 aliphatic carbocycles. The molecule has 2 unspecified atom stereocenters. The lowest BCUT2D eigenvalue weighted by Gasteiger charge is -2.58. The lowest BCUT2D eigenvalue weighted by atomic mass is 9.52. The van der Waals surface area contributed by atoms with Crippen molar-refractivity contribution in [1.82, 2.24) is 20.0 Å². The van der Waals surface area contributed by atoms with Crippen LogP contribution in [0.25, 0.3) is 0 Å². The molecule has 0 spiro atoms. The minimum Gasteiger partial charge on any atom is -0.445 e. The molecule has 7 rings (SSSR count). The van der Waals surface area contributed by atoms with Gasteiger partial charge in [0.05, 0.1) is 5.60 Å². The SMILES string of the molecule is Cc1c(C(=O)NC2C3CC4CC2CC(O)(C4)C3)nn(C)c1N(C)C1CCN(C(=O)OCc2ccccc2)CC1. The maximum atomic E-state index is 13.5. The van der Waals surface area contributed by atoms with Crippen molar-refractivity contribution in [2.24, 2.45) is 24.8 Å². The first-order valence-electron chi connectivity index (χ1n) is 14.5. The summed E-state index contributed by atoms with van der Waals surface area (Å²) in [6, 6.07) is 10.1. The molecule has 2 atom stereocenters. The highest BCUT2D eigenvalue weighted by Crippen LogP contribution is 2.55. The summed E-state index contributed by atoms with van der Waals surface area (Å²) >= 11 is 0. The first-order chi connectivity index (χ1) is 18.7. The van der Waals surface area contributed by atoms with Crippen LogP contribution in [-0.2, 0) is 18.4 Å². The van der Waals surface area contributed by atoms with Gasteiger partial charge < -0.3 is 25.0 Å². The van der Waals surface area contributed by atoms with Crippen LogP contribution in [0.3, 0.4) is 0 Å². The molecule has 9 nitrogen and oxygen atoms in total. The van der Waals surface area contributed by atoms with E-state index in [1.54, 1.807) is 4.90 Å². The second-order valence-corrected chi connectivity index (χ2v) is 12.5. The number of aryl methyl sites for hydroxylation is 1. The van der Waals surface area contributed by atoms with Crippen molar-refractivity contribution >= 4 is 17.8 Å². The van der Waals surface area contributed by atoms with E-state index in [-0.39, 0.29) is 30.7 Å². The van der Waals surface area contributed by atoms with E-state index in [0.29, 0.717) is 36.5 Å². The van der Waals surface area contributed by atoms with Crippen LogP contribution in [-0.4, -0.2) is 69.6 Å². The summed E-state index contributed by atoms with van der Waals surface area (Å²) in [5.74, 6) is 2.16. The number of ether oxygens (including phenoxy) is 1. The highest BCUT2D eigenvalue weighted by molar-refractivity contribution is 5.95. The molecule has 2 N–H and O–H groups in total. The van der Waals surface area contributed by atoms with Crippen molar-refractivity contribution in [2.75, 3.05) is 25.0 Å². The number of aromatic nitrogens is 2. The molecular weight excluding hydrogens is 494 g/mol. The van der Waals surface area contributed by atoms with E-state index >= 15 is 0 Å². The van der Waals surface area contributed by atoms with Crippen molar-refractivity contribution in [3.63, 3.8) is 0 Å². The summed E-state index contributed by atoms with van der Waals surface area (Å²) in [6.45, 7) is 3.52. The molecule has 4 bridgehead atoms. The summed E-state index contributed by atoms with van der Waals surface area (Å²) in [6.07, 6.45) is 6.12. The van der Waals surface area contributed by atoms with Gasteiger partial charge in [-0.3, -0.25) is 9.48 Å². The van der Waals surface area contributed by atoms with E-state index in [2.05, 4.69) is 22.4 Å². The van der Waals surface area contributed by atoms with Gasteiger partial charge in [-0.05, 0) is 75.2 Å². The van der Waals surface area contributed by atoms with E-state index < -0.39 is 5.60 Å². The van der Waals surface area contributed by atoms with Gasteiger partial charge in [-0.15, -0.1) is 0 Å². The first-order valence-corrected chi connectivity index (χ1v) is 14.5. The fourth-order valence-corrected chi connectivity index (χ4v) is 8.19. The number of amides is 2. The third-order valence-corrected chi connectivity index (χ3v) is 9.81. The Labute approximate surface area is 230 Å². The maximum Gasteiger partial charge on any atom is 0.410 e. The third-order valence-electron chi connectivity index (χ3n) is 9.81. The Morgan fingerprint density at radius 3 is 2.44 bits per heavy atom. The van der Waals surface area contributed by atoms with E-state index in [0.717, 1.165) is 61.9 Å². The summed E-state index contributed by atoms with van der Waals surface area (Å²) in [7, 11) is 3.95. The van der Waals surface area contributed by atoms with E-state index in [1.807, 2.05) is 49.0 Å². The molecule has 2 aromatic rings. The molecule has 9 heteroatoms. The Morgan fingerprint density at radius 2 is 1.79 bits per heavy atom. The van der Waals surface area contributed by atoms with Crippen molar-refractivity contribution in [1.29, 1.82) is 0 Å². The summed E-state index contributed by atoms with van der Waals surface area (Å²) in [5, 5.41) is 18.9. The number of carbonyl (C=O) groups excluding carboxylic acids is 2. The average Bonchev–Trinajstić information content (AvgIpc) is 3.22. The van der Waals surface area contributed by atoms with Crippen LogP contribution in [0.15, 0.2) is 30.3 Å². The summed E-state index contributed by atoms with van der Waals surface area (Å²) in [4.78, 5) is 30.0. The summed E-state index contributed by atoms with van der Waals surface area (Å²) in [5.41, 5.74) is 1.83. The molecule has 0 radical (unpaired) electrons. The van der Waals surface area contributed by atoms with Crippen LogP contribution in [0.2, 0.25) is 0 Å². The van der Waals surface area contributed by atoms with Crippen LogP contribution >= 0.6 is 0 Å². The Kier molecular flexibility index (Phi) is 6.81. The normalized spacial score (nSPS) is 29.9. The largest absolute Gasteiger partial charge is 0.445 e. The number of aliphatic hydroxyl groups is 1. The molecule has 2 heterocycles. The lowest BCUT2D eigenvalue weighted by Crippen LogP contribution is -2.61. The van der Waals surface area contributed by atoms with Gasteiger partial charge in [0.2, 0.25) is 0 Å². The zero-order valence-electron chi connectivity index (χ0n) is 23.3. The number of piperidine rings is 1. The van der Waals surface area contributed by atoms with Crippen LogP contribution in [0.1, 0.15) is 66.6 Å². The zero-order valence-corrected chi connectivity index (χ0v) is 23.3. The predicted molar refractivity (Wildman–Crippen MR) is 147 cm³/mol. The second kappa shape index (κ2) is 10.2. The minimum atomic E-state index is -0.511. The molecule has 210 valence electrons. The first kappa shape index (κ1) is 26.2. The van der Waals surface area contributed by atoms with Gasteiger partial charge in [0.15, 0.2) is 5.69 Å². The van der Waals surface area contributed by atoms with Crippen LogP contribution < -0.4 is 10.2 Å². The Balaban J connectivity index is 1.06. The lowest BCUT2D eigenvalue weighted by molar-refractivity contribution is -0.136. The van der Waals surface area contributed by atoms with Crippen LogP contribution in [0, 0.1) is 24.7 Å². The molecule has 5 fully saturated rings. The summed E-state index contributed by atoms with van der Waals surface area (Å²) < 4.78 is 7.33. The number of hydrogen-bond donors (Lipinski definition) is 2. The van der Waals surface area contributed by atoms with Crippen molar-refractivity contribution < 1.29 is 19.4 Å². The van der Waals surface area contributed by atoms with Crippen LogP contribution in [0.5, 0.6) is 0 Å². The Hall–Kier alpha value is -3.07. The highest BCUT2D eigenvalue weighted by atomic mass is 16.6. The number of nitrogens with one attached hydrogen (secondary N) is 1. The quantitative estimate of drug-likeness (QED) is 0.586. The molecule has 5 aliphatic rings. The maximum absolute atomic E-state index is 13.5. The van der Waals surface area contributed by atoms with Gasteiger partial charge in [-0.25, -0.2) is 4.79 Å². The number of carbonyl (C=O) groups is 2. The number of nitrogens with zero attached hydrogens (tertiary/aromatic N) is 4. The molecule has 1 aromatic carbocycles. The number of benzene rings is 1. The van der Waals surface area contributed by atoms with Gasteiger partial charge in [0.25, 0.3) is 5.91 Å². The zero-order chi connectivity index (χ0) is 27.3. The fourth-order valence-electron chi connectivity index (χ4n) is 8.19. The third kappa shape index (κ3) is 5.01. The van der Waals surface area contributed by atoms with Crippen molar-refractivity contribution in [3.05, 3.63) is 47.2 Å². The topological polar surface area (TPSA) is 99.9 Å². The minimum absolute atomic E-state index is 0.108. The number of anilines is 1. The van der Waals surface area contributed by atoms with Crippen molar-refractivity contribution in [3.8, 4) is 0 Å². The van der Waals surface area contributed by atoms with Gasteiger partial charge in [-0.1, -0.05) is 30.3 Å². The molecule has 1 aliphatic heterocycles. The number of likely N-dealkylation sites (tertiary alicyclic amines) is 1. The predicted octanol–water partition coefficient (Wildman–Crippen LogP) is 3.64. The van der Waals surface area contributed by atoms with Gasteiger partial charge in [0.1, 0.15) is 12.4 Å². The monoisotopic (exact) mass is 535 g/mol. The number of rotatable bonds is 6. The molecular formula is C30H41N5O4. The van der Waals surface area contributed by atoms with Gasteiger partial charge in [-0.2, -0.15) is 5.10 Å². The molecule has 2 amide bonds. The highest BCUT2D eigenvalue weighted by Gasteiger charge is 2.55. The molecule has 4 saturated carbocycles. The fraction of sp³-hybridized carbons (Fsp3) is 0.633. The molecule has 1 saturated heterocycles. The van der Waals surface area contributed by atoms with E-state index in [1.165, 1.54) is 0 Å². The van der Waals surface area contributed by atoms with Gasteiger partial charge in [0, 0.05) is 44.8 Å². The van der Waals surface area contributed by atoms with Crippen molar-refractivity contribution in [2.45, 2.75) is 76.2 Å². The standard InChI is InChI=1S/C30H41N5O4/c1-19-25(27(36)31-26-22-13-21-14-23(26)17-30(38,15-21)16-22)32-34(3)28(19)33(2)24-9-11-35(12-10-24)29(37)39-18-20-7-5-4-6-8-20/h4-8,21-24,26,38H,9-18H2,1-3H3,(H,31,36). The number of hydrogen-bond acceptors (Lipinski definition) is 6.